The predicted molar refractivity (Wildman–Crippen MR) is 103 cm³/mol. The highest BCUT2D eigenvalue weighted by Crippen LogP contribution is 2.26. The smallest absolute Gasteiger partial charge is 0.259 e. The molecule has 0 spiro atoms. The number of carbonyl (C=O) groups excluding carboxylic acids is 1. The molecule has 1 N–H and O–H groups in total. The van der Waals surface area contributed by atoms with E-state index in [0.717, 1.165) is 28.3 Å². The second kappa shape index (κ2) is 7.44. The van der Waals surface area contributed by atoms with Gasteiger partial charge >= 0.3 is 0 Å². The molecule has 0 bridgehead atoms. The van der Waals surface area contributed by atoms with Crippen LogP contribution in [-0.2, 0) is 7.05 Å². The van der Waals surface area contributed by atoms with Crippen molar-refractivity contribution in [1.29, 1.82) is 0 Å². The van der Waals surface area contributed by atoms with Gasteiger partial charge in [0.1, 0.15) is 11.9 Å². The van der Waals surface area contributed by atoms with E-state index in [9.17, 15) is 4.79 Å². The number of hydrogen-bond donors (Lipinski definition) is 1. The van der Waals surface area contributed by atoms with E-state index in [1.807, 2.05) is 76.3 Å². The maximum Gasteiger partial charge on any atom is 0.259 e. The Morgan fingerprint density at radius 3 is 2.50 bits per heavy atom. The van der Waals surface area contributed by atoms with Crippen LogP contribution in [0.1, 0.15) is 40.2 Å². The van der Waals surface area contributed by atoms with Gasteiger partial charge in [0.15, 0.2) is 0 Å². The van der Waals surface area contributed by atoms with Gasteiger partial charge in [-0.3, -0.25) is 9.48 Å². The molecule has 1 heterocycles. The van der Waals surface area contributed by atoms with E-state index in [1.54, 1.807) is 10.9 Å². The first-order valence-electron chi connectivity index (χ1n) is 8.58. The molecular weight excluding hydrogens is 326 g/mol. The summed E-state index contributed by atoms with van der Waals surface area (Å²) < 4.78 is 7.71. The van der Waals surface area contributed by atoms with Crippen LogP contribution in [0.2, 0.25) is 0 Å². The predicted octanol–water partition coefficient (Wildman–Crippen LogP) is 4.43. The van der Waals surface area contributed by atoms with Gasteiger partial charge in [0.25, 0.3) is 5.91 Å². The highest BCUT2D eigenvalue weighted by atomic mass is 16.5. The summed E-state index contributed by atoms with van der Waals surface area (Å²) in [6.07, 6.45) is 1.54. The number of benzene rings is 2. The molecule has 1 atom stereocenters. The fourth-order valence-electron chi connectivity index (χ4n) is 2.76. The molecule has 0 aliphatic carbocycles. The minimum absolute atomic E-state index is 0.0471. The molecular formula is C21H23N3O2. The van der Waals surface area contributed by atoms with E-state index >= 15 is 0 Å². The lowest BCUT2D eigenvalue weighted by atomic mass is 10.1. The van der Waals surface area contributed by atoms with Crippen molar-refractivity contribution >= 4 is 11.6 Å². The number of ether oxygens (including phenoxy) is 1. The summed E-state index contributed by atoms with van der Waals surface area (Å²) in [4.78, 5) is 12.5. The zero-order valence-corrected chi connectivity index (χ0v) is 15.5. The average Bonchev–Trinajstić information content (AvgIpc) is 2.97. The van der Waals surface area contributed by atoms with Gasteiger partial charge in [0, 0.05) is 18.4 Å². The Kier molecular flexibility index (Phi) is 5.07. The van der Waals surface area contributed by atoms with Crippen LogP contribution < -0.4 is 10.1 Å². The minimum Gasteiger partial charge on any atom is -0.486 e. The van der Waals surface area contributed by atoms with Crippen LogP contribution in [0.3, 0.4) is 0 Å². The maximum atomic E-state index is 12.5. The molecule has 0 saturated heterocycles. The van der Waals surface area contributed by atoms with Crippen LogP contribution in [0, 0.1) is 13.8 Å². The highest BCUT2D eigenvalue weighted by molar-refractivity contribution is 6.05. The third-order valence-electron chi connectivity index (χ3n) is 4.51. The zero-order chi connectivity index (χ0) is 18.7. The van der Waals surface area contributed by atoms with E-state index < -0.39 is 0 Å². The van der Waals surface area contributed by atoms with E-state index in [2.05, 4.69) is 10.4 Å². The number of anilines is 1. The lowest BCUT2D eigenvalue weighted by Gasteiger charge is -2.16. The van der Waals surface area contributed by atoms with Crippen molar-refractivity contribution in [1.82, 2.24) is 9.78 Å². The SMILES string of the molecule is Cc1cc(O[C@H](C)c2ccccc2)ccc1NC(=O)c1cnn(C)c1C. The van der Waals surface area contributed by atoms with Gasteiger partial charge in [0.05, 0.1) is 11.8 Å². The Balaban J connectivity index is 1.71. The normalized spacial score (nSPS) is 11.8. The molecule has 26 heavy (non-hydrogen) atoms. The van der Waals surface area contributed by atoms with Crippen LogP contribution in [-0.4, -0.2) is 15.7 Å². The lowest BCUT2D eigenvalue weighted by molar-refractivity contribution is 0.102. The van der Waals surface area contributed by atoms with Gasteiger partial charge < -0.3 is 10.1 Å². The molecule has 0 radical (unpaired) electrons. The molecule has 5 heteroatoms. The first kappa shape index (κ1) is 17.7. The Morgan fingerprint density at radius 2 is 1.88 bits per heavy atom. The molecule has 0 unspecified atom stereocenters. The van der Waals surface area contributed by atoms with Crippen molar-refractivity contribution in [2.45, 2.75) is 26.9 Å². The van der Waals surface area contributed by atoms with Gasteiger partial charge in [-0.25, -0.2) is 0 Å². The summed E-state index contributed by atoms with van der Waals surface area (Å²) in [6, 6.07) is 15.8. The highest BCUT2D eigenvalue weighted by Gasteiger charge is 2.14. The van der Waals surface area contributed by atoms with E-state index in [0.29, 0.717) is 5.56 Å². The van der Waals surface area contributed by atoms with Gasteiger partial charge in [-0.05, 0) is 50.1 Å². The number of nitrogens with zero attached hydrogens (tertiary/aromatic N) is 2. The quantitative estimate of drug-likeness (QED) is 0.741. The monoisotopic (exact) mass is 349 g/mol. The van der Waals surface area contributed by atoms with E-state index in [-0.39, 0.29) is 12.0 Å². The number of aromatic nitrogens is 2. The fourth-order valence-corrected chi connectivity index (χ4v) is 2.76. The molecule has 3 aromatic rings. The van der Waals surface area contributed by atoms with Crippen LogP contribution in [0.15, 0.2) is 54.7 Å². The number of aryl methyl sites for hydroxylation is 2. The fraction of sp³-hybridized carbons (Fsp3) is 0.238. The van der Waals surface area contributed by atoms with Gasteiger partial charge in [-0.2, -0.15) is 5.10 Å². The van der Waals surface area contributed by atoms with Crippen LogP contribution >= 0.6 is 0 Å². The summed E-state index contributed by atoms with van der Waals surface area (Å²) >= 11 is 0. The first-order valence-corrected chi connectivity index (χ1v) is 8.58. The van der Waals surface area contributed by atoms with Crippen molar-refractivity contribution < 1.29 is 9.53 Å². The molecule has 134 valence electrons. The van der Waals surface area contributed by atoms with Gasteiger partial charge in [-0.15, -0.1) is 0 Å². The molecule has 0 saturated carbocycles. The van der Waals surface area contributed by atoms with Crippen molar-refractivity contribution in [2.24, 2.45) is 7.05 Å². The van der Waals surface area contributed by atoms with Crippen LogP contribution in [0.4, 0.5) is 5.69 Å². The molecule has 0 aliphatic heterocycles. The van der Waals surface area contributed by atoms with Crippen molar-refractivity contribution in [3.8, 4) is 5.75 Å². The Labute approximate surface area is 153 Å². The van der Waals surface area contributed by atoms with Crippen molar-refractivity contribution in [3.05, 3.63) is 77.1 Å². The summed E-state index contributed by atoms with van der Waals surface area (Å²) in [6.45, 7) is 5.84. The summed E-state index contributed by atoms with van der Waals surface area (Å²) in [5.74, 6) is 0.611. The first-order chi connectivity index (χ1) is 12.5. The standard InChI is InChI=1S/C21H23N3O2/c1-14-12-18(26-16(3)17-8-6-5-7-9-17)10-11-20(14)23-21(25)19-13-22-24(4)15(19)2/h5-13,16H,1-4H3,(H,23,25)/t16-/m1/s1. The Morgan fingerprint density at radius 1 is 1.15 bits per heavy atom. The number of hydrogen-bond acceptors (Lipinski definition) is 3. The molecule has 5 nitrogen and oxygen atoms in total. The largest absolute Gasteiger partial charge is 0.486 e. The second-order valence-corrected chi connectivity index (χ2v) is 6.37. The molecule has 0 aliphatic rings. The summed E-state index contributed by atoms with van der Waals surface area (Å²) in [7, 11) is 1.82. The average molecular weight is 349 g/mol. The maximum absolute atomic E-state index is 12.5. The van der Waals surface area contributed by atoms with E-state index in [1.165, 1.54) is 0 Å². The molecule has 2 aromatic carbocycles. The summed E-state index contributed by atoms with van der Waals surface area (Å²) in [5, 5.41) is 7.06. The molecule has 3 rings (SSSR count). The lowest BCUT2D eigenvalue weighted by Crippen LogP contribution is -2.14. The number of carbonyl (C=O) groups is 1. The molecule has 1 amide bonds. The third-order valence-corrected chi connectivity index (χ3v) is 4.51. The number of amides is 1. The second-order valence-electron chi connectivity index (χ2n) is 6.37. The Hall–Kier alpha value is -3.08. The van der Waals surface area contributed by atoms with Crippen LogP contribution in [0.5, 0.6) is 5.75 Å². The summed E-state index contributed by atoms with van der Waals surface area (Å²) in [5.41, 5.74) is 4.23. The number of nitrogens with one attached hydrogen (secondary N) is 1. The van der Waals surface area contributed by atoms with Gasteiger partial charge in [-0.1, -0.05) is 30.3 Å². The molecule has 1 aromatic heterocycles. The number of rotatable bonds is 5. The Bertz CT molecular complexity index is 916. The third kappa shape index (κ3) is 3.77. The molecule has 0 fully saturated rings. The zero-order valence-electron chi connectivity index (χ0n) is 15.5. The van der Waals surface area contributed by atoms with E-state index in [4.69, 9.17) is 4.74 Å². The van der Waals surface area contributed by atoms with Crippen molar-refractivity contribution in [3.63, 3.8) is 0 Å². The van der Waals surface area contributed by atoms with Crippen LogP contribution in [0.25, 0.3) is 0 Å². The topological polar surface area (TPSA) is 56.1 Å². The van der Waals surface area contributed by atoms with Crippen molar-refractivity contribution in [2.75, 3.05) is 5.32 Å². The minimum atomic E-state index is -0.162. The van der Waals surface area contributed by atoms with Gasteiger partial charge in [0.2, 0.25) is 0 Å².